The van der Waals surface area contributed by atoms with Gasteiger partial charge in [0.05, 0.1) is 6.20 Å². The van der Waals surface area contributed by atoms with E-state index in [2.05, 4.69) is 37.9 Å². The zero-order chi connectivity index (χ0) is 13.5. The van der Waals surface area contributed by atoms with Crippen LogP contribution in [-0.2, 0) is 13.1 Å². The van der Waals surface area contributed by atoms with Crippen molar-refractivity contribution in [2.45, 2.75) is 13.1 Å². The fourth-order valence-corrected chi connectivity index (χ4v) is 2.48. The summed E-state index contributed by atoms with van der Waals surface area (Å²) in [6, 6.07) is 11.8. The number of alkyl halides is 1. The number of hydrogen-bond donors (Lipinski definition) is 0. The van der Waals surface area contributed by atoms with Crippen LogP contribution in [0.15, 0.2) is 48.8 Å². The average molecular weight is 323 g/mol. The number of rotatable bonds is 6. The molecule has 0 amide bonds. The molecule has 1 aromatic carbocycles. The van der Waals surface area contributed by atoms with Crippen LogP contribution in [0.4, 0.5) is 4.39 Å². The standard InChI is InChI=1S/C15H16BrFN2/c16-6-7-19(11-13-4-2-1-3-5-13)12-14-8-15(17)10-18-9-14/h1-5,8-10H,6-7,11-12H2. The molecule has 1 heterocycles. The summed E-state index contributed by atoms with van der Waals surface area (Å²) in [6.07, 6.45) is 2.95. The summed E-state index contributed by atoms with van der Waals surface area (Å²) in [4.78, 5) is 6.16. The number of halogens is 2. The molecule has 0 unspecified atom stereocenters. The molecular weight excluding hydrogens is 307 g/mol. The van der Waals surface area contributed by atoms with Gasteiger partial charge in [-0.15, -0.1) is 0 Å². The van der Waals surface area contributed by atoms with Crippen molar-refractivity contribution < 1.29 is 4.39 Å². The van der Waals surface area contributed by atoms with Crippen LogP contribution >= 0.6 is 15.9 Å². The van der Waals surface area contributed by atoms with Gasteiger partial charge in [0.25, 0.3) is 0 Å². The Kier molecular flexibility index (Phi) is 5.48. The second-order valence-corrected chi connectivity index (χ2v) is 5.19. The molecule has 100 valence electrons. The van der Waals surface area contributed by atoms with Gasteiger partial charge in [0.1, 0.15) is 5.82 Å². The van der Waals surface area contributed by atoms with Gasteiger partial charge in [-0.2, -0.15) is 0 Å². The van der Waals surface area contributed by atoms with Gasteiger partial charge in [-0.1, -0.05) is 46.3 Å². The van der Waals surface area contributed by atoms with E-state index in [9.17, 15) is 4.39 Å². The first-order chi connectivity index (χ1) is 9.28. The monoisotopic (exact) mass is 322 g/mol. The molecule has 0 radical (unpaired) electrons. The number of hydrogen-bond acceptors (Lipinski definition) is 2. The van der Waals surface area contributed by atoms with Gasteiger partial charge < -0.3 is 0 Å². The molecule has 0 aliphatic carbocycles. The minimum atomic E-state index is -0.281. The molecule has 0 atom stereocenters. The Morgan fingerprint density at radius 2 is 1.79 bits per heavy atom. The second-order valence-electron chi connectivity index (χ2n) is 4.40. The maximum absolute atomic E-state index is 13.1. The molecule has 2 aromatic rings. The van der Waals surface area contributed by atoms with E-state index >= 15 is 0 Å². The molecule has 0 spiro atoms. The smallest absolute Gasteiger partial charge is 0.141 e. The Hall–Kier alpha value is -1.26. The Morgan fingerprint density at radius 3 is 2.47 bits per heavy atom. The van der Waals surface area contributed by atoms with Crippen LogP contribution in [0.2, 0.25) is 0 Å². The zero-order valence-corrected chi connectivity index (χ0v) is 12.2. The summed E-state index contributed by atoms with van der Waals surface area (Å²) in [6.45, 7) is 2.46. The molecule has 0 aliphatic rings. The lowest BCUT2D eigenvalue weighted by Crippen LogP contribution is -2.25. The van der Waals surface area contributed by atoms with Crippen molar-refractivity contribution in [3.8, 4) is 0 Å². The van der Waals surface area contributed by atoms with Gasteiger partial charge in [-0.05, 0) is 17.2 Å². The summed E-state index contributed by atoms with van der Waals surface area (Å²) in [7, 11) is 0. The molecular formula is C15H16BrFN2. The molecule has 0 saturated heterocycles. The first-order valence-electron chi connectivity index (χ1n) is 6.19. The fraction of sp³-hybridized carbons (Fsp3) is 0.267. The predicted molar refractivity (Wildman–Crippen MR) is 78.5 cm³/mol. The first-order valence-corrected chi connectivity index (χ1v) is 7.32. The minimum Gasteiger partial charge on any atom is -0.294 e. The Balaban J connectivity index is 2.04. The second kappa shape index (κ2) is 7.36. The summed E-state index contributed by atoms with van der Waals surface area (Å²) in [5, 5.41) is 0.891. The van der Waals surface area contributed by atoms with Crippen LogP contribution in [0.3, 0.4) is 0 Å². The van der Waals surface area contributed by atoms with E-state index in [-0.39, 0.29) is 5.82 Å². The van der Waals surface area contributed by atoms with Crippen LogP contribution in [0, 0.1) is 5.82 Å². The highest BCUT2D eigenvalue weighted by atomic mass is 79.9. The summed E-state index contributed by atoms with van der Waals surface area (Å²) in [5.41, 5.74) is 2.16. The van der Waals surface area contributed by atoms with E-state index in [1.807, 2.05) is 18.2 Å². The van der Waals surface area contributed by atoms with Crippen LogP contribution in [0.25, 0.3) is 0 Å². The van der Waals surface area contributed by atoms with E-state index in [4.69, 9.17) is 0 Å². The molecule has 0 N–H and O–H groups in total. The van der Waals surface area contributed by atoms with Gasteiger partial charge in [-0.25, -0.2) is 4.39 Å². The van der Waals surface area contributed by atoms with Crippen LogP contribution in [-0.4, -0.2) is 21.8 Å². The third-order valence-corrected chi connectivity index (χ3v) is 3.17. The van der Waals surface area contributed by atoms with E-state index in [0.717, 1.165) is 24.0 Å². The van der Waals surface area contributed by atoms with Crippen molar-refractivity contribution in [2.75, 3.05) is 11.9 Å². The van der Waals surface area contributed by atoms with E-state index in [1.165, 1.54) is 11.8 Å². The van der Waals surface area contributed by atoms with Crippen LogP contribution in [0.5, 0.6) is 0 Å². The van der Waals surface area contributed by atoms with Crippen molar-refractivity contribution in [2.24, 2.45) is 0 Å². The SMILES string of the molecule is Fc1cncc(CN(CCBr)Cc2ccccc2)c1. The molecule has 2 rings (SSSR count). The van der Waals surface area contributed by atoms with E-state index in [0.29, 0.717) is 6.54 Å². The van der Waals surface area contributed by atoms with Gasteiger partial charge >= 0.3 is 0 Å². The number of aromatic nitrogens is 1. The van der Waals surface area contributed by atoms with Crippen molar-refractivity contribution in [1.29, 1.82) is 0 Å². The topological polar surface area (TPSA) is 16.1 Å². The van der Waals surface area contributed by atoms with Crippen LogP contribution in [0.1, 0.15) is 11.1 Å². The lowest BCUT2D eigenvalue weighted by Gasteiger charge is -2.21. The highest BCUT2D eigenvalue weighted by Crippen LogP contribution is 2.10. The molecule has 4 heteroatoms. The first kappa shape index (κ1) is 14.2. The summed E-state index contributed by atoms with van der Waals surface area (Å²) >= 11 is 3.46. The lowest BCUT2D eigenvalue weighted by atomic mass is 10.2. The van der Waals surface area contributed by atoms with Gasteiger partial charge in [0.15, 0.2) is 0 Å². The van der Waals surface area contributed by atoms with Crippen molar-refractivity contribution >= 4 is 15.9 Å². The largest absolute Gasteiger partial charge is 0.294 e. The van der Waals surface area contributed by atoms with E-state index in [1.54, 1.807) is 12.3 Å². The zero-order valence-electron chi connectivity index (χ0n) is 10.6. The third-order valence-electron chi connectivity index (χ3n) is 2.82. The maximum Gasteiger partial charge on any atom is 0.141 e. The summed E-state index contributed by atoms with van der Waals surface area (Å²) in [5.74, 6) is -0.281. The average Bonchev–Trinajstić information content (AvgIpc) is 2.40. The van der Waals surface area contributed by atoms with Gasteiger partial charge in [0, 0.05) is 31.2 Å². The Bertz CT molecular complexity index is 505. The number of nitrogens with zero attached hydrogens (tertiary/aromatic N) is 2. The highest BCUT2D eigenvalue weighted by Gasteiger charge is 2.07. The Morgan fingerprint density at radius 1 is 1.05 bits per heavy atom. The van der Waals surface area contributed by atoms with Gasteiger partial charge in [0.2, 0.25) is 0 Å². The third kappa shape index (κ3) is 4.73. The molecule has 0 bridgehead atoms. The van der Waals surface area contributed by atoms with E-state index < -0.39 is 0 Å². The fourth-order valence-electron chi connectivity index (χ4n) is 1.98. The lowest BCUT2D eigenvalue weighted by molar-refractivity contribution is 0.274. The van der Waals surface area contributed by atoms with Crippen molar-refractivity contribution in [3.05, 3.63) is 65.7 Å². The van der Waals surface area contributed by atoms with Crippen molar-refractivity contribution in [1.82, 2.24) is 9.88 Å². The molecule has 0 fully saturated rings. The molecule has 2 nitrogen and oxygen atoms in total. The molecule has 0 aliphatic heterocycles. The highest BCUT2D eigenvalue weighted by molar-refractivity contribution is 9.09. The van der Waals surface area contributed by atoms with Gasteiger partial charge in [-0.3, -0.25) is 9.88 Å². The minimum absolute atomic E-state index is 0.281. The summed E-state index contributed by atoms with van der Waals surface area (Å²) < 4.78 is 13.1. The number of benzene rings is 1. The molecule has 19 heavy (non-hydrogen) atoms. The Labute approximate surface area is 121 Å². The maximum atomic E-state index is 13.1. The predicted octanol–water partition coefficient (Wildman–Crippen LogP) is 3.62. The molecule has 1 aromatic heterocycles. The normalized spacial score (nSPS) is 10.9. The molecule has 0 saturated carbocycles. The van der Waals surface area contributed by atoms with Crippen molar-refractivity contribution in [3.63, 3.8) is 0 Å². The van der Waals surface area contributed by atoms with Crippen LogP contribution < -0.4 is 0 Å². The quantitative estimate of drug-likeness (QED) is 0.755. The number of pyridine rings is 1.